The van der Waals surface area contributed by atoms with Gasteiger partial charge in [-0.3, -0.25) is 4.79 Å². The number of hydrogen-bond acceptors (Lipinski definition) is 3. The number of carbonyl (C=O) groups excluding carboxylic acids is 1. The summed E-state index contributed by atoms with van der Waals surface area (Å²) >= 11 is 0. The molecule has 0 heterocycles. The number of methoxy groups -OCH3 is 1. The molecular formula is C27H34O3Si. The largest absolute Gasteiger partial charge is 0.469 e. The van der Waals surface area contributed by atoms with E-state index in [0.717, 1.165) is 16.7 Å². The second kappa shape index (κ2) is 10.3. The van der Waals surface area contributed by atoms with Crippen molar-refractivity contribution < 1.29 is 14.0 Å². The fraction of sp³-hybridized carbons (Fsp3) is 0.444. The molecule has 0 aliphatic carbocycles. The van der Waals surface area contributed by atoms with Crippen molar-refractivity contribution in [3.63, 3.8) is 0 Å². The second-order valence-electron chi connectivity index (χ2n) is 9.62. The molecule has 164 valence electrons. The number of ether oxygens (including phenoxy) is 1. The Morgan fingerprint density at radius 2 is 1.55 bits per heavy atom. The molecule has 0 saturated carbocycles. The third-order valence-corrected chi connectivity index (χ3v) is 6.04. The van der Waals surface area contributed by atoms with Crippen LogP contribution in [-0.2, 0) is 26.0 Å². The highest BCUT2D eigenvalue weighted by Gasteiger charge is 2.28. The van der Waals surface area contributed by atoms with Crippen molar-refractivity contribution in [2.75, 3.05) is 7.11 Å². The van der Waals surface area contributed by atoms with Crippen LogP contribution in [0.1, 0.15) is 82.2 Å². The molecule has 0 aromatic heterocycles. The van der Waals surface area contributed by atoms with Gasteiger partial charge in [0.1, 0.15) is 0 Å². The lowest BCUT2D eigenvalue weighted by Gasteiger charge is -2.32. The van der Waals surface area contributed by atoms with E-state index in [4.69, 9.17) is 9.16 Å². The van der Waals surface area contributed by atoms with Crippen LogP contribution in [0.25, 0.3) is 0 Å². The van der Waals surface area contributed by atoms with Crippen LogP contribution in [0, 0.1) is 11.8 Å². The van der Waals surface area contributed by atoms with Crippen molar-refractivity contribution in [3.05, 3.63) is 70.3 Å². The van der Waals surface area contributed by atoms with Crippen LogP contribution in [-0.4, -0.2) is 22.8 Å². The number of hydrogen-bond donors (Lipinski definition) is 0. The Bertz CT molecular complexity index is 955. The van der Waals surface area contributed by atoms with Crippen LogP contribution >= 0.6 is 0 Å². The van der Waals surface area contributed by atoms with E-state index in [1.807, 2.05) is 24.3 Å². The Kier molecular flexibility index (Phi) is 8.28. The summed E-state index contributed by atoms with van der Waals surface area (Å²) < 4.78 is 11.1. The molecule has 0 bridgehead atoms. The summed E-state index contributed by atoms with van der Waals surface area (Å²) in [6, 6.07) is 14.1. The summed E-state index contributed by atoms with van der Waals surface area (Å²) in [5.41, 5.74) is 4.95. The van der Waals surface area contributed by atoms with Crippen LogP contribution < -0.4 is 0 Å². The van der Waals surface area contributed by atoms with E-state index in [0.29, 0.717) is 15.7 Å². The molecule has 0 fully saturated rings. The minimum Gasteiger partial charge on any atom is -0.469 e. The van der Waals surface area contributed by atoms with Gasteiger partial charge in [-0.15, -0.1) is 0 Å². The standard InChI is InChI=1S/C27H34O3Si/c1-19(2)23-17-21(15-16-24(23)27(6,7)30-31-26(3,4)5)12-9-20-10-13-22(14-11-20)18-25(28)29-8/h10-11,13-17,19H,18H2,1-8H3. The maximum absolute atomic E-state index is 11.4. The molecule has 0 N–H and O–H groups in total. The summed E-state index contributed by atoms with van der Waals surface area (Å²) in [5, 5.41) is 0.146. The average molecular weight is 435 g/mol. The molecule has 0 atom stereocenters. The van der Waals surface area contributed by atoms with Gasteiger partial charge in [-0.25, -0.2) is 0 Å². The Hall–Kier alpha value is -2.35. The van der Waals surface area contributed by atoms with Crippen molar-refractivity contribution in [1.82, 2.24) is 0 Å². The number of benzene rings is 2. The lowest BCUT2D eigenvalue weighted by Crippen LogP contribution is -2.29. The molecule has 4 heteroatoms. The van der Waals surface area contributed by atoms with Crippen molar-refractivity contribution in [2.24, 2.45) is 0 Å². The molecule has 2 radical (unpaired) electrons. The first-order valence-electron chi connectivity index (χ1n) is 10.7. The smallest absolute Gasteiger partial charge is 0.309 e. The first-order valence-corrected chi connectivity index (χ1v) is 11.6. The zero-order valence-electron chi connectivity index (χ0n) is 20.1. The highest BCUT2D eigenvalue weighted by Crippen LogP contribution is 2.34. The molecule has 31 heavy (non-hydrogen) atoms. The Balaban J connectivity index is 2.25. The SMILES string of the molecule is COC(=O)Cc1ccc(C#Cc2ccc(C(C)(C)O[Si]C(C)(C)C)c(C(C)C)c2)cc1. The number of rotatable bonds is 6. The van der Waals surface area contributed by atoms with Crippen LogP contribution in [0.4, 0.5) is 0 Å². The van der Waals surface area contributed by atoms with Gasteiger partial charge in [-0.2, -0.15) is 0 Å². The minimum absolute atomic E-state index is 0.146. The molecule has 0 amide bonds. The molecule has 0 aliphatic rings. The second-order valence-corrected chi connectivity index (χ2v) is 11.5. The lowest BCUT2D eigenvalue weighted by molar-refractivity contribution is -0.139. The summed E-state index contributed by atoms with van der Waals surface area (Å²) in [7, 11) is 1.83. The fourth-order valence-corrected chi connectivity index (χ4v) is 3.76. The molecule has 2 rings (SSSR count). The molecular weight excluding hydrogens is 400 g/mol. The van der Waals surface area contributed by atoms with Gasteiger partial charge in [0, 0.05) is 11.1 Å². The van der Waals surface area contributed by atoms with Gasteiger partial charge in [0.25, 0.3) is 0 Å². The van der Waals surface area contributed by atoms with E-state index < -0.39 is 0 Å². The van der Waals surface area contributed by atoms with Crippen LogP contribution in [0.15, 0.2) is 42.5 Å². The highest BCUT2D eigenvalue weighted by molar-refractivity contribution is 6.31. The molecule has 3 nitrogen and oxygen atoms in total. The van der Waals surface area contributed by atoms with Gasteiger partial charge in [-0.05, 0) is 65.8 Å². The zero-order valence-corrected chi connectivity index (χ0v) is 21.1. The maximum atomic E-state index is 11.4. The third kappa shape index (κ3) is 7.68. The van der Waals surface area contributed by atoms with Crippen LogP contribution in [0.2, 0.25) is 5.04 Å². The van der Waals surface area contributed by atoms with E-state index in [1.54, 1.807) is 0 Å². The van der Waals surface area contributed by atoms with E-state index in [-0.39, 0.29) is 23.0 Å². The molecule has 2 aromatic rings. The number of carbonyl (C=O) groups is 1. The van der Waals surface area contributed by atoms with Crippen molar-refractivity contribution in [1.29, 1.82) is 0 Å². The van der Waals surface area contributed by atoms with E-state index in [2.05, 4.69) is 78.5 Å². The monoisotopic (exact) mass is 434 g/mol. The van der Waals surface area contributed by atoms with E-state index in [9.17, 15) is 4.79 Å². The molecule has 2 aromatic carbocycles. The number of esters is 1. The van der Waals surface area contributed by atoms with Crippen molar-refractivity contribution in [2.45, 2.75) is 71.4 Å². The average Bonchev–Trinajstić information content (AvgIpc) is 2.71. The molecule has 0 unspecified atom stereocenters. The maximum Gasteiger partial charge on any atom is 0.309 e. The van der Waals surface area contributed by atoms with Crippen molar-refractivity contribution in [3.8, 4) is 11.8 Å². The Morgan fingerprint density at radius 1 is 0.968 bits per heavy atom. The quantitative estimate of drug-likeness (QED) is 0.317. The zero-order chi connectivity index (χ0) is 23.2. The van der Waals surface area contributed by atoms with Gasteiger partial charge in [0.2, 0.25) is 9.76 Å². The molecule has 0 spiro atoms. The van der Waals surface area contributed by atoms with Crippen LogP contribution in [0.5, 0.6) is 0 Å². The van der Waals surface area contributed by atoms with Gasteiger partial charge in [0.05, 0.1) is 19.1 Å². The van der Waals surface area contributed by atoms with Gasteiger partial charge < -0.3 is 9.16 Å². The summed E-state index contributed by atoms with van der Waals surface area (Å²) in [6.07, 6.45) is 0.275. The van der Waals surface area contributed by atoms with E-state index >= 15 is 0 Å². The topological polar surface area (TPSA) is 35.5 Å². The van der Waals surface area contributed by atoms with Crippen LogP contribution in [0.3, 0.4) is 0 Å². The predicted molar refractivity (Wildman–Crippen MR) is 128 cm³/mol. The summed E-state index contributed by atoms with van der Waals surface area (Å²) in [4.78, 5) is 11.4. The summed E-state index contributed by atoms with van der Waals surface area (Å²) in [6.45, 7) is 15.3. The fourth-order valence-electron chi connectivity index (χ4n) is 3.09. The highest BCUT2D eigenvalue weighted by atomic mass is 28.2. The Labute approximate surface area is 190 Å². The van der Waals surface area contributed by atoms with Gasteiger partial charge >= 0.3 is 5.97 Å². The predicted octanol–water partition coefficient (Wildman–Crippen LogP) is 6.01. The molecule has 0 aliphatic heterocycles. The first-order chi connectivity index (χ1) is 14.4. The van der Waals surface area contributed by atoms with Gasteiger partial charge in [0.15, 0.2) is 0 Å². The van der Waals surface area contributed by atoms with E-state index in [1.165, 1.54) is 18.2 Å². The summed E-state index contributed by atoms with van der Waals surface area (Å²) in [5.74, 6) is 6.64. The normalized spacial score (nSPS) is 11.8. The third-order valence-electron chi connectivity index (χ3n) is 4.82. The first kappa shape index (κ1) is 24.9. The Morgan fingerprint density at radius 3 is 2.10 bits per heavy atom. The minimum atomic E-state index is -0.354. The van der Waals surface area contributed by atoms with Crippen molar-refractivity contribution >= 4 is 15.7 Å². The lowest BCUT2D eigenvalue weighted by atomic mass is 9.87. The van der Waals surface area contributed by atoms with Gasteiger partial charge in [-0.1, -0.05) is 64.7 Å². The molecule has 0 saturated heterocycles.